The molecule has 4 aromatic rings. The second kappa shape index (κ2) is 9.00. The summed E-state index contributed by atoms with van der Waals surface area (Å²) in [6.07, 6.45) is 4.38. The van der Waals surface area contributed by atoms with Gasteiger partial charge in [-0.2, -0.15) is 5.10 Å². The number of nitrogen functional groups attached to an aromatic ring is 2. The van der Waals surface area contributed by atoms with Crippen molar-refractivity contribution in [3.63, 3.8) is 0 Å². The van der Waals surface area contributed by atoms with E-state index in [2.05, 4.69) is 20.5 Å². The van der Waals surface area contributed by atoms with E-state index in [9.17, 15) is 4.79 Å². The molecule has 156 valence electrons. The van der Waals surface area contributed by atoms with Gasteiger partial charge in [0.25, 0.3) is 5.91 Å². The van der Waals surface area contributed by atoms with Crippen molar-refractivity contribution in [2.75, 3.05) is 23.4 Å². The molecule has 31 heavy (non-hydrogen) atoms. The molecule has 0 fully saturated rings. The van der Waals surface area contributed by atoms with Gasteiger partial charge < -0.3 is 21.5 Å². The molecule has 8 nitrogen and oxygen atoms in total. The average molecular weight is 414 g/mol. The highest BCUT2D eigenvalue weighted by Crippen LogP contribution is 2.23. The molecule has 2 aromatic heterocycles. The Labute approximate surface area is 179 Å². The molecule has 4 rings (SSSR count). The fourth-order valence-electron chi connectivity index (χ4n) is 3.01. The number of nitrogens with two attached hydrogens (primary N) is 2. The van der Waals surface area contributed by atoms with Crippen molar-refractivity contribution in [1.29, 1.82) is 0 Å². The van der Waals surface area contributed by atoms with Crippen LogP contribution in [-0.4, -0.2) is 27.7 Å². The van der Waals surface area contributed by atoms with Crippen LogP contribution in [0.3, 0.4) is 0 Å². The van der Waals surface area contributed by atoms with Crippen molar-refractivity contribution in [2.24, 2.45) is 0 Å². The van der Waals surface area contributed by atoms with Gasteiger partial charge in [0.1, 0.15) is 11.6 Å². The van der Waals surface area contributed by atoms with Crippen molar-refractivity contribution in [3.8, 4) is 17.0 Å². The maximum absolute atomic E-state index is 12.7. The van der Waals surface area contributed by atoms with E-state index in [0.29, 0.717) is 29.2 Å². The minimum Gasteiger partial charge on any atom is -0.493 e. The highest BCUT2D eigenvalue weighted by atomic mass is 16.5. The fraction of sp³-hybridized carbons (Fsp3) is 0.0870. The van der Waals surface area contributed by atoms with Crippen LogP contribution in [0.4, 0.5) is 17.2 Å². The number of pyridine rings is 1. The minimum absolute atomic E-state index is 0.223. The average Bonchev–Trinajstić information content (AvgIpc) is 3.30. The predicted octanol–water partition coefficient (Wildman–Crippen LogP) is 3.51. The van der Waals surface area contributed by atoms with Gasteiger partial charge in [-0.05, 0) is 54.1 Å². The van der Waals surface area contributed by atoms with Gasteiger partial charge in [0.2, 0.25) is 0 Å². The predicted molar refractivity (Wildman–Crippen MR) is 121 cm³/mol. The second-order valence-electron chi connectivity index (χ2n) is 6.94. The highest BCUT2D eigenvalue weighted by Gasteiger charge is 2.09. The molecule has 2 aromatic carbocycles. The van der Waals surface area contributed by atoms with Crippen LogP contribution in [0.1, 0.15) is 15.9 Å². The number of aromatic amines is 1. The fourth-order valence-corrected chi connectivity index (χ4v) is 3.01. The Bertz CT molecular complexity index is 1170. The van der Waals surface area contributed by atoms with Crippen LogP contribution in [-0.2, 0) is 6.42 Å². The quantitative estimate of drug-likeness (QED) is 0.366. The molecule has 0 radical (unpaired) electrons. The number of carbonyl (C=O) groups is 1. The third-order valence-corrected chi connectivity index (χ3v) is 4.70. The van der Waals surface area contributed by atoms with Gasteiger partial charge >= 0.3 is 0 Å². The smallest absolute Gasteiger partial charge is 0.255 e. The largest absolute Gasteiger partial charge is 0.493 e. The lowest BCUT2D eigenvalue weighted by molar-refractivity contribution is 0.102. The van der Waals surface area contributed by atoms with Crippen molar-refractivity contribution < 1.29 is 9.53 Å². The Morgan fingerprint density at radius 1 is 1.06 bits per heavy atom. The van der Waals surface area contributed by atoms with E-state index in [1.54, 1.807) is 48.7 Å². The zero-order chi connectivity index (χ0) is 21.6. The number of benzene rings is 2. The molecule has 1 amide bonds. The molecule has 0 aliphatic heterocycles. The third kappa shape index (κ3) is 4.99. The lowest BCUT2D eigenvalue weighted by Gasteiger charge is -2.09. The molecule has 0 bridgehead atoms. The number of aromatic nitrogens is 3. The number of nitrogens with zero attached hydrogens (tertiary/aromatic N) is 2. The summed E-state index contributed by atoms with van der Waals surface area (Å²) in [6.45, 7) is 0.543. The van der Waals surface area contributed by atoms with Crippen molar-refractivity contribution in [1.82, 2.24) is 15.2 Å². The number of nitrogens with one attached hydrogen (secondary N) is 2. The summed E-state index contributed by atoms with van der Waals surface area (Å²) < 4.78 is 5.73. The topological polar surface area (TPSA) is 132 Å². The van der Waals surface area contributed by atoms with Crippen molar-refractivity contribution in [3.05, 3.63) is 84.2 Å². The number of ether oxygens (including phenoxy) is 1. The van der Waals surface area contributed by atoms with E-state index < -0.39 is 0 Å². The standard InChI is InChI=1S/C23H22N6O2/c24-20-8-9-21(29-22(20)25)16-2-1-3-17(12-16)23(30)28-18-4-6-19(7-5-18)31-11-10-15-13-26-27-14-15/h1-9,12-14H,10-11,24H2,(H2,25,29)(H,26,27)(H,28,30). The first-order valence-electron chi connectivity index (χ1n) is 9.73. The molecule has 0 atom stereocenters. The molecule has 0 unspecified atom stereocenters. The zero-order valence-electron chi connectivity index (χ0n) is 16.7. The van der Waals surface area contributed by atoms with E-state index in [1.165, 1.54) is 0 Å². The first kappa shape index (κ1) is 20.0. The zero-order valence-corrected chi connectivity index (χ0v) is 16.7. The van der Waals surface area contributed by atoms with Gasteiger partial charge in [0, 0.05) is 29.4 Å². The van der Waals surface area contributed by atoms with Crippen LogP contribution in [0.2, 0.25) is 0 Å². The molecular formula is C23H22N6O2. The first-order chi connectivity index (χ1) is 15.1. The molecule has 0 aliphatic carbocycles. The van der Waals surface area contributed by atoms with Gasteiger partial charge in [-0.25, -0.2) is 4.98 Å². The Balaban J connectivity index is 1.38. The lowest BCUT2D eigenvalue weighted by atomic mass is 10.1. The van der Waals surface area contributed by atoms with Gasteiger partial charge in [0.05, 0.1) is 24.2 Å². The summed E-state index contributed by atoms with van der Waals surface area (Å²) in [5.74, 6) is 0.772. The van der Waals surface area contributed by atoms with E-state index in [0.717, 1.165) is 23.3 Å². The molecule has 2 heterocycles. The van der Waals surface area contributed by atoms with Crippen LogP contribution in [0.15, 0.2) is 73.1 Å². The maximum Gasteiger partial charge on any atom is 0.255 e. The number of amides is 1. The van der Waals surface area contributed by atoms with Crippen LogP contribution < -0.4 is 21.5 Å². The highest BCUT2D eigenvalue weighted by molar-refractivity contribution is 6.04. The van der Waals surface area contributed by atoms with E-state index in [4.69, 9.17) is 16.2 Å². The summed E-state index contributed by atoms with van der Waals surface area (Å²) >= 11 is 0. The van der Waals surface area contributed by atoms with E-state index >= 15 is 0 Å². The van der Waals surface area contributed by atoms with E-state index in [-0.39, 0.29) is 11.7 Å². The molecular weight excluding hydrogens is 392 g/mol. The molecule has 8 heteroatoms. The monoisotopic (exact) mass is 414 g/mol. The lowest BCUT2D eigenvalue weighted by Crippen LogP contribution is -2.12. The number of H-pyrrole nitrogens is 1. The Morgan fingerprint density at radius 3 is 2.65 bits per heavy atom. The summed E-state index contributed by atoms with van der Waals surface area (Å²) in [6, 6.07) is 17.9. The maximum atomic E-state index is 12.7. The van der Waals surface area contributed by atoms with E-state index in [1.807, 2.05) is 24.4 Å². The molecule has 0 saturated heterocycles. The second-order valence-corrected chi connectivity index (χ2v) is 6.94. The van der Waals surface area contributed by atoms with Gasteiger partial charge in [0.15, 0.2) is 0 Å². The van der Waals surface area contributed by atoms with Gasteiger partial charge in [-0.3, -0.25) is 9.89 Å². The molecule has 0 aliphatic rings. The first-order valence-corrected chi connectivity index (χ1v) is 9.73. The Morgan fingerprint density at radius 2 is 1.90 bits per heavy atom. The summed E-state index contributed by atoms with van der Waals surface area (Å²) in [5, 5.41) is 9.57. The van der Waals surface area contributed by atoms with Gasteiger partial charge in [-0.15, -0.1) is 0 Å². The number of carbonyl (C=O) groups excluding carboxylic acids is 1. The van der Waals surface area contributed by atoms with Crippen LogP contribution in [0.5, 0.6) is 5.75 Å². The number of hydrogen-bond acceptors (Lipinski definition) is 6. The number of anilines is 3. The molecule has 0 saturated carbocycles. The minimum atomic E-state index is -0.223. The number of rotatable bonds is 7. The third-order valence-electron chi connectivity index (χ3n) is 4.70. The Hall–Kier alpha value is -4.33. The molecule has 6 N–H and O–H groups in total. The SMILES string of the molecule is Nc1ccc(-c2cccc(C(=O)Nc3ccc(OCCc4cn[nH]c4)cc3)c2)nc1N. The summed E-state index contributed by atoms with van der Waals surface area (Å²) in [4.78, 5) is 17.0. The summed E-state index contributed by atoms with van der Waals surface area (Å²) in [7, 11) is 0. The Kier molecular flexibility index (Phi) is 5.79. The van der Waals surface area contributed by atoms with Crippen LogP contribution >= 0.6 is 0 Å². The van der Waals surface area contributed by atoms with Crippen LogP contribution in [0.25, 0.3) is 11.3 Å². The molecule has 0 spiro atoms. The normalized spacial score (nSPS) is 10.6. The van der Waals surface area contributed by atoms with Crippen LogP contribution in [0, 0.1) is 0 Å². The van der Waals surface area contributed by atoms with Crippen molar-refractivity contribution >= 4 is 23.1 Å². The van der Waals surface area contributed by atoms with Gasteiger partial charge in [-0.1, -0.05) is 12.1 Å². The summed E-state index contributed by atoms with van der Waals surface area (Å²) in [5.41, 5.74) is 15.6. The number of hydrogen-bond donors (Lipinski definition) is 4. The van der Waals surface area contributed by atoms with Crippen molar-refractivity contribution in [2.45, 2.75) is 6.42 Å².